The fraction of sp³-hybridized carbons (Fsp3) is 0.857. The average Bonchev–Trinajstić information content (AvgIpc) is 2.26. The van der Waals surface area contributed by atoms with E-state index in [4.69, 9.17) is 10.5 Å². The number of hydrogen-bond acceptors (Lipinski definition) is 5. The topological polar surface area (TPSA) is 75.9 Å². The highest BCUT2D eigenvalue weighted by Gasteiger charge is 2.29. The Morgan fingerprint density at radius 3 is 2.15 bits per heavy atom. The zero-order chi connectivity index (χ0) is 15.9. The van der Waals surface area contributed by atoms with Crippen LogP contribution in [0.15, 0.2) is 0 Å². The number of carbonyl (C=O) groups excluding carboxylic acids is 2. The fourth-order valence-corrected chi connectivity index (χ4v) is 1.54. The van der Waals surface area contributed by atoms with Crippen LogP contribution in [0.1, 0.15) is 40.5 Å². The zero-order valence-corrected chi connectivity index (χ0v) is 13.6. The molecule has 0 rings (SSSR count). The second-order valence-corrected chi connectivity index (χ2v) is 6.17. The Kier molecular flexibility index (Phi) is 7.75. The minimum absolute atomic E-state index is 0.276. The van der Waals surface area contributed by atoms with Crippen LogP contribution in [0.25, 0.3) is 0 Å². The molecule has 0 aliphatic carbocycles. The number of rotatable bonds is 6. The van der Waals surface area contributed by atoms with Crippen molar-refractivity contribution in [3.63, 3.8) is 0 Å². The first-order valence-electron chi connectivity index (χ1n) is 7.03. The van der Waals surface area contributed by atoms with Crippen LogP contribution in [0.3, 0.4) is 0 Å². The second kappa shape index (κ2) is 8.21. The lowest BCUT2D eigenvalue weighted by Crippen LogP contribution is -2.50. The predicted octanol–water partition coefficient (Wildman–Crippen LogP) is 1.44. The van der Waals surface area contributed by atoms with E-state index in [1.807, 2.05) is 25.9 Å². The molecule has 0 aromatic rings. The van der Waals surface area contributed by atoms with Crippen molar-refractivity contribution >= 4 is 12.0 Å². The van der Waals surface area contributed by atoms with Crippen LogP contribution in [0, 0.1) is 0 Å². The second-order valence-electron chi connectivity index (χ2n) is 6.17. The summed E-state index contributed by atoms with van der Waals surface area (Å²) >= 11 is 0. The number of nitrogens with zero attached hydrogens (tertiary/aromatic N) is 2. The van der Waals surface area contributed by atoms with E-state index in [0.29, 0.717) is 13.0 Å². The van der Waals surface area contributed by atoms with E-state index in [-0.39, 0.29) is 12.5 Å². The molecular formula is C14H29N3O3. The molecule has 118 valence electrons. The van der Waals surface area contributed by atoms with Gasteiger partial charge in [0.05, 0.1) is 6.04 Å². The first-order chi connectivity index (χ1) is 9.08. The Bertz CT molecular complexity index is 324. The van der Waals surface area contributed by atoms with Crippen LogP contribution >= 0.6 is 0 Å². The Morgan fingerprint density at radius 1 is 1.20 bits per heavy atom. The third kappa shape index (κ3) is 7.45. The molecule has 0 spiro atoms. The minimum Gasteiger partial charge on any atom is -0.443 e. The molecule has 0 unspecified atom stereocenters. The third-order valence-electron chi connectivity index (χ3n) is 2.57. The lowest BCUT2D eigenvalue weighted by atomic mass is 10.1. The SMILES string of the molecule is CCC[C@H](N)C(=O)N(CCN(C)C)C(=O)OC(C)(C)C. The minimum atomic E-state index is -0.658. The van der Waals surface area contributed by atoms with Gasteiger partial charge in [-0.2, -0.15) is 0 Å². The van der Waals surface area contributed by atoms with Crippen molar-refractivity contribution < 1.29 is 14.3 Å². The highest BCUT2D eigenvalue weighted by Crippen LogP contribution is 2.11. The summed E-state index contributed by atoms with van der Waals surface area (Å²) in [6, 6.07) is -0.658. The summed E-state index contributed by atoms with van der Waals surface area (Å²) < 4.78 is 5.27. The Morgan fingerprint density at radius 2 is 1.75 bits per heavy atom. The van der Waals surface area contributed by atoms with Gasteiger partial charge >= 0.3 is 6.09 Å². The molecule has 0 aliphatic heterocycles. The van der Waals surface area contributed by atoms with Crippen LogP contribution in [0.4, 0.5) is 4.79 Å². The van der Waals surface area contributed by atoms with E-state index in [9.17, 15) is 9.59 Å². The number of nitrogens with two attached hydrogens (primary N) is 1. The smallest absolute Gasteiger partial charge is 0.417 e. The lowest BCUT2D eigenvalue weighted by molar-refractivity contribution is -0.132. The Balaban J connectivity index is 4.88. The number of hydrogen-bond donors (Lipinski definition) is 1. The summed E-state index contributed by atoms with van der Waals surface area (Å²) in [5, 5.41) is 0. The standard InChI is InChI=1S/C14H29N3O3/c1-7-8-11(15)12(18)17(10-9-16(5)6)13(19)20-14(2,3)4/h11H,7-10,15H2,1-6H3/t11-/m0/s1. The summed E-state index contributed by atoms with van der Waals surface area (Å²) in [5.74, 6) is -0.372. The number of likely N-dealkylation sites (N-methyl/N-ethyl adjacent to an activating group) is 1. The van der Waals surface area contributed by atoms with Crippen molar-refractivity contribution in [2.24, 2.45) is 5.73 Å². The van der Waals surface area contributed by atoms with Crippen molar-refractivity contribution in [1.29, 1.82) is 0 Å². The van der Waals surface area contributed by atoms with Crippen molar-refractivity contribution in [2.75, 3.05) is 27.2 Å². The van der Waals surface area contributed by atoms with Crippen molar-refractivity contribution in [1.82, 2.24) is 9.80 Å². The number of amides is 2. The van der Waals surface area contributed by atoms with Gasteiger partial charge in [-0.3, -0.25) is 4.79 Å². The predicted molar refractivity (Wildman–Crippen MR) is 79.4 cm³/mol. The molecule has 6 heteroatoms. The molecule has 0 saturated carbocycles. The van der Waals surface area contributed by atoms with Gasteiger partial charge in [0.15, 0.2) is 0 Å². The van der Waals surface area contributed by atoms with E-state index in [0.717, 1.165) is 11.3 Å². The van der Waals surface area contributed by atoms with Crippen LogP contribution in [-0.4, -0.2) is 60.6 Å². The summed E-state index contributed by atoms with van der Waals surface area (Å²) in [6.07, 6.45) is 0.721. The van der Waals surface area contributed by atoms with Gasteiger partial charge in [0.2, 0.25) is 5.91 Å². The van der Waals surface area contributed by atoms with Gasteiger partial charge in [-0.15, -0.1) is 0 Å². The molecule has 2 N–H and O–H groups in total. The van der Waals surface area contributed by atoms with Gasteiger partial charge in [-0.1, -0.05) is 13.3 Å². The van der Waals surface area contributed by atoms with Gasteiger partial charge in [0, 0.05) is 13.1 Å². The largest absolute Gasteiger partial charge is 0.443 e. The molecule has 0 aromatic carbocycles. The van der Waals surface area contributed by atoms with E-state index < -0.39 is 17.7 Å². The molecule has 0 radical (unpaired) electrons. The van der Waals surface area contributed by atoms with Crippen molar-refractivity contribution in [2.45, 2.75) is 52.2 Å². The van der Waals surface area contributed by atoms with Gasteiger partial charge in [-0.05, 0) is 41.3 Å². The van der Waals surface area contributed by atoms with Crippen molar-refractivity contribution in [3.05, 3.63) is 0 Å². The van der Waals surface area contributed by atoms with E-state index in [1.165, 1.54) is 0 Å². The number of carbonyl (C=O) groups is 2. The average molecular weight is 287 g/mol. The van der Waals surface area contributed by atoms with Crippen LogP contribution in [-0.2, 0) is 9.53 Å². The molecular weight excluding hydrogens is 258 g/mol. The Labute approximate surface area is 122 Å². The quantitative estimate of drug-likeness (QED) is 0.800. The summed E-state index contributed by atoms with van der Waals surface area (Å²) in [6.45, 7) is 8.11. The van der Waals surface area contributed by atoms with Gasteiger partial charge in [0.1, 0.15) is 5.60 Å². The van der Waals surface area contributed by atoms with E-state index in [2.05, 4.69) is 0 Å². The maximum absolute atomic E-state index is 12.3. The van der Waals surface area contributed by atoms with E-state index in [1.54, 1.807) is 20.8 Å². The van der Waals surface area contributed by atoms with Gasteiger partial charge in [-0.25, -0.2) is 9.69 Å². The zero-order valence-electron chi connectivity index (χ0n) is 13.6. The summed E-state index contributed by atoms with van der Waals surface area (Å²) in [7, 11) is 3.76. The van der Waals surface area contributed by atoms with Crippen LogP contribution in [0.5, 0.6) is 0 Å². The van der Waals surface area contributed by atoms with Crippen LogP contribution in [0.2, 0.25) is 0 Å². The molecule has 2 amide bonds. The highest BCUT2D eigenvalue weighted by atomic mass is 16.6. The van der Waals surface area contributed by atoms with Gasteiger partial charge < -0.3 is 15.4 Å². The molecule has 0 bridgehead atoms. The molecule has 0 heterocycles. The molecule has 0 saturated heterocycles. The normalized spacial score (nSPS) is 13.2. The third-order valence-corrected chi connectivity index (χ3v) is 2.57. The Hall–Kier alpha value is -1.14. The molecule has 20 heavy (non-hydrogen) atoms. The number of imide groups is 1. The van der Waals surface area contributed by atoms with Gasteiger partial charge in [0.25, 0.3) is 0 Å². The molecule has 1 atom stereocenters. The maximum atomic E-state index is 12.3. The maximum Gasteiger partial charge on any atom is 0.417 e. The first-order valence-corrected chi connectivity index (χ1v) is 7.03. The molecule has 0 fully saturated rings. The molecule has 0 aromatic heterocycles. The lowest BCUT2D eigenvalue weighted by Gasteiger charge is -2.28. The van der Waals surface area contributed by atoms with Crippen LogP contribution < -0.4 is 5.73 Å². The number of ether oxygens (including phenoxy) is 1. The summed E-state index contributed by atoms with van der Waals surface area (Å²) in [5.41, 5.74) is 5.19. The van der Waals surface area contributed by atoms with E-state index >= 15 is 0 Å². The monoisotopic (exact) mass is 287 g/mol. The molecule has 0 aliphatic rings. The summed E-state index contributed by atoms with van der Waals surface area (Å²) in [4.78, 5) is 27.4. The van der Waals surface area contributed by atoms with Crippen molar-refractivity contribution in [3.8, 4) is 0 Å². The first kappa shape index (κ1) is 18.9. The highest BCUT2D eigenvalue weighted by molar-refractivity contribution is 5.95. The molecule has 6 nitrogen and oxygen atoms in total. The fourth-order valence-electron chi connectivity index (χ4n) is 1.54.